The highest BCUT2D eigenvalue weighted by Crippen LogP contribution is 2.39. The van der Waals surface area contributed by atoms with Crippen LogP contribution in [0.25, 0.3) is 11.3 Å². The van der Waals surface area contributed by atoms with E-state index in [9.17, 15) is 13.6 Å². The van der Waals surface area contributed by atoms with Crippen LogP contribution in [0.3, 0.4) is 0 Å². The van der Waals surface area contributed by atoms with E-state index in [1.165, 1.54) is 11.8 Å². The molecule has 2 N–H and O–H groups in total. The highest BCUT2D eigenvalue weighted by Gasteiger charge is 2.45. The summed E-state index contributed by atoms with van der Waals surface area (Å²) in [5.74, 6) is 0.184. The quantitative estimate of drug-likeness (QED) is 0.709. The van der Waals surface area contributed by atoms with Gasteiger partial charge in [-0.05, 0) is 6.42 Å². The Hall–Kier alpha value is -3.15. The minimum atomic E-state index is -2.53. The Morgan fingerprint density at radius 3 is 2.55 bits per heavy atom. The highest BCUT2D eigenvalue weighted by atomic mass is 19.3. The molecule has 5 rings (SSSR count). The Morgan fingerprint density at radius 1 is 1.15 bits per heavy atom. The second-order valence-corrected chi connectivity index (χ2v) is 8.54. The van der Waals surface area contributed by atoms with E-state index in [0.29, 0.717) is 62.3 Å². The molecule has 0 spiro atoms. The number of rotatable bonds is 4. The molecule has 10 nitrogen and oxygen atoms in total. The summed E-state index contributed by atoms with van der Waals surface area (Å²) in [6.07, 6.45) is 1.30. The molecule has 3 aliphatic heterocycles. The summed E-state index contributed by atoms with van der Waals surface area (Å²) in [4.78, 5) is 35.3. The van der Waals surface area contributed by atoms with Crippen molar-refractivity contribution in [3.63, 3.8) is 0 Å². The van der Waals surface area contributed by atoms with Crippen molar-refractivity contribution >= 4 is 23.6 Å². The lowest BCUT2D eigenvalue weighted by atomic mass is 10.0. The average molecular weight is 460 g/mol. The predicted molar refractivity (Wildman–Crippen MR) is 117 cm³/mol. The molecule has 33 heavy (non-hydrogen) atoms. The number of hydrogen-bond acceptors (Lipinski definition) is 9. The first-order chi connectivity index (χ1) is 15.9. The van der Waals surface area contributed by atoms with Gasteiger partial charge in [-0.25, -0.2) is 23.7 Å². The zero-order chi connectivity index (χ0) is 23.1. The number of halogens is 2. The molecule has 3 aliphatic rings. The van der Waals surface area contributed by atoms with Gasteiger partial charge in [0.05, 0.1) is 30.9 Å². The fourth-order valence-corrected chi connectivity index (χ4v) is 4.84. The summed E-state index contributed by atoms with van der Waals surface area (Å²) in [7, 11) is 0. The summed E-state index contributed by atoms with van der Waals surface area (Å²) in [5, 5.41) is 0. The van der Waals surface area contributed by atoms with Gasteiger partial charge in [0.2, 0.25) is 24.2 Å². The minimum Gasteiger partial charge on any atom is -0.378 e. The first-order valence-electron chi connectivity index (χ1n) is 11.0. The molecule has 2 fully saturated rings. The van der Waals surface area contributed by atoms with Crippen LogP contribution in [0.4, 0.5) is 26.5 Å². The van der Waals surface area contributed by atoms with Crippen LogP contribution in [0.1, 0.15) is 12.5 Å². The van der Waals surface area contributed by atoms with Crippen LogP contribution in [-0.4, -0.2) is 89.1 Å². The van der Waals surface area contributed by atoms with Crippen molar-refractivity contribution in [1.29, 1.82) is 0 Å². The van der Waals surface area contributed by atoms with E-state index in [2.05, 4.69) is 9.97 Å². The van der Waals surface area contributed by atoms with Gasteiger partial charge in [-0.1, -0.05) is 0 Å². The third kappa shape index (κ3) is 4.03. The molecule has 2 aromatic rings. The number of carbonyl (C=O) groups excluding carboxylic acids is 1. The molecule has 2 aromatic heterocycles. The lowest BCUT2D eigenvalue weighted by Gasteiger charge is -2.31. The molecule has 0 unspecified atom stereocenters. The fourth-order valence-electron chi connectivity index (χ4n) is 4.84. The highest BCUT2D eigenvalue weighted by molar-refractivity contribution is 5.75. The van der Waals surface area contributed by atoms with Gasteiger partial charge in [0.1, 0.15) is 5.82 Å². The number of aromatic nitrogens is 4. The number of fused-ring (bicyclic) bond motifs is 1. The van der Waals surface area contributed by atoms with Gasteiger partial charge in [0, 0.05) is 63.2 Å². The van der Waals surface area contributed by atoms with E-state index < -0.39 is 18.4 Å². The third-order valence-corrected chi connectivity index (χ3v) is 6.59. The first kappa shape index (κ1) is 21.7. The predicted octanol–water partition coefficient (Wildman–Crippen LogP) is 0.827. The number of likely N-dealkylation sites (tertiary alicyclic amines) is 1. The Bertz CT molecular complexity index is 1030. The Balaban J connectivity index is 1.58. The van der Waals surface area contributed by atoms with Crippen molar-refractivity contribution in [3.05, 3.63) is 18.0 Å². The molecule has 2 saturated heterocycles. The zero-order valence-electron chi connectivity index (χ0n) is 18.3. The molecule has 5 heterocycles. The standard InChI is InChI=1S/C21H26F2N8O2/c1-12(32)30-10-15(18(22)23)16(11-30)31-3-2-14-17(13-8-25-20(24)26-9-13)27-21(28-19(14)31)29-4-6-33-7-5-29/h8-9,15-16,18H,2-7,10-11H2,1H3,(H2,24,25,26)/t15-,16-/m0/s1. The second kappa shape index (κ2) is 8.65. The van der Waals surface area contributed by atoms with E-state index in [-0.39, 0.29) is 24.9 Å². The molecule has 12 heteroatoms. The van der Waals surface area contributed by atoms with Crippen molar-refractivity contribution in [2.24, 2.45) is 5.92 Å². The molecule has 0 saturated carbocycles. The topological polar surface area (TPSA) is 114 Å². The lowest BCUT2D eigenvalue weighted by molar-refractivity contribution is -0.128. The summed E-state index contributed by atoms with van der Waals surface area (Å²) >= 11 is 0. The van der Waals surface area contributed by atoms with Crippen molar-refractivity contribution in [3.8, 4) is 11.3 Å². The van der Waals surface area contributed by atoms with Gasteiger partial charge >= 0.3 is 0 Å². The number of nitrogens with two attached hydrogens (primary N) is 1. The van der Waals surface area contributed by atoms with Gasteiger partial charge in [-0.3, -0.25) is 4.79 Å². The normalized spacial score (nSPS) is 22.8. The molecule has 0 aliphatic carbocycles. The maximum absolute atomic E-state index is 14.0. The van der Waals surface area contributed by atoms with Gasteiger partial charge in [0.25, 0.3) is 0 Å². The van der Waals surface area contributed by atoms with Crippen LogP contribution in [0.5, 0.6) is 0 Å². The van der Waals surface area contributed by atoms with Crippen molar-refractivity contribution in [2.45, 2.75) is 25.8 Å². The molecule has 2 atom stereocenters. The first-order valence-corrected chi connectivity index (χ1v) is 11.0. The number of morpholine rings is 1. The smallest absolute Gasteiger partial charge is 0.245 e. The van der Waals surface area contributed by atoms with Gasteiger partial charge < -0.3 is 25.2 Å². The Labute approximate surface area is 189 Å². The van der Waals surface area contributed by atoms with E-state index in [0.717, 1.165) is 5.56 Å². The Morgan fingerprint density at radius 2 is 1.88 bits per heavy atom. The number of carbonyl (C=O) groups is 1. The van der Waals surface area contributed by atoms with E-state index in [4.69, 9.17) is 20.4 Å². The maximum atomic E-state index is 14.0. The Kier molecular flexibility index (Phi) is 5.69. The van der Waals surface area contributed by atoms with Crippen molar-refractivity contribution in [1.82, 2.24) is 24.8 Å². The summed E-state index contributed by atoms with van der Waals surface area (Å²) in [6.45, 7) is 4.64. The molecule has 0 aromatic carbocycles. The van der Waals surface area contributed by atoms with Crippen LogP contribution < -0.4 is 15.5 Å². The SMILES string of the molecule is CC(=O)N1C[C@H](C(F)F)[C@@H](N2CCc3c(-c4cnc(N)nc4)nc(N4CCOCC4)nc32)C1. The zero-order valence-corrected chi connectivity index (χ0v) is 18.3. The van der Waals surface area contributed by atoms with Gasteiger partial charge in [0.15, 0.2) is 0 Å². The summed E-state index contributed by atoms with van der Waals surface area (Å²) in [5.41, 5.74) is 7.91. The fraction of sp³-hybridized carbons (Fsp3) is 0.571. The van der Waals surface area contributed by atoms with E-state index >= 15 is 0 Å². The van der Waals surface area contributed by atoms with Gasteiger partial charge in [-0.15, -0.1) is 0 Å². The van der Waals surface area contributed by atoms with Crippen molar-refractivity contribution in [2.75, 3.05) is 61.5 Å². The lowest BCUT2D eigenvalue weighted by Crippen LogP contribution is -2.43. The number of hydrogen-bond donors (Lipinski definition) is 1. The molecule has 0 radical (unpaired) electrons. The molecular weight excluding hydrogens is 434 g/mol. The summed E-state index contributed by atoms with van der Waals surface area (Å²) < 4.78 is 33.4. The van der Waals surface area contributed by atoms with Crippen LogP contribution in [0, 0.1) is 5.92 Å². The number of nitrogens with zero attached hydrogens (tertiary/aromatic N) is 7. The second-order valence-electron chi connectivity index (χ2n) is 8.54. The molecule has 1 amide bonds. The third-order valence-electron chi connectivity index (χ3n) is 6.59. The van der Waals surface area contributed by atoms with Crippen LogP contribution in [0.2, 0.25) is 0 Å². The molecular formula is C21H26F2N8O2. The van der Waals surface area contributed by atoms with E-state index in [1.807, 2.05) is 9.80 Å². The molecule has 176 valence electrons. The van der Waals surface area contributed by atoms with Gasteiger partial charge in [-0.2, -0.15) is 4.98 Å². The number of anilines is 3. The minimum absolute atomic E-state index is 0.0452. The molecule has 0 bridgehead atoms. The van der Waals surface area contributed by atoms with Crippen LogP contribution in [-0.2, 0) is 16.0 Å². The monoisotopic (exact) mass is 460 g/mol. The van der Waals surface area contributed by atoms with Crippen LogP contribution in [0.15, 0.2) is 12.4 Å². The largest absolute Gasteiger partial charge is 0.378 e. The van der Waals surface area contributed by atoms with Crippen LogP contribution >= 0.6 is 0 Å². The average Bonchev–Trinajstić information content (AvgIpc) is 3.44. The summed E-state index contributed by atoms with van der Waals surface area (Å²) in [6, 6.07) is -0.516. The van der Waals surface area contributed by atoms with Crippen molar-refractivity contribution < 1.29 is 18.3 Å². The maximum Gasteiger partial charge on any atom is 0.245 e. The number of amides is 1. The van der Waals surface area contributed by atoms with E-state index in [1.54, 1.807) is 12.4 Å². The number of alkyl halides is 2. The number of ether oxygens (including phenoxy) is 1. The number of nitrogen functional groups attached to an aromatic ring is 1.